The zero-order valence-electron chi connectivity index (χ0n) is 15.8. The molecule has 2 aromatic rings. The first-order valence-electron chi connectivity index (χ1n) is 9.06. The van der Waals surface area contributed by atoms with Gasteiger partial charge in [0.15, 0.2) is 0 Å². The lowest BCUT2D eigenvalue weighted by Gasteiger charge is -2.33. The highest BCUT2D eigenvalue weighted by atomic mass is 19.4. The van der Waals surface area contributed by atoms with E-state index >= 15 is 0 Å². The third kappa shape index (κ3) is 4.90. The van der Waals surface area contributed by atoms with E-state index in [9.17, 15) is 18.0 Å². The van der Waals surface area contributed by atoms with Gasteiger partial charge in [-0.25, -0.2) is 0 Å². The molecule has 7 heteroatoms. The van der Waals surface area contributed by atoms with Crippen LogP contribution in [0.3, 0.4) is 0 Å². The molecule has 0 N–H and O–H groups in total. The summed E-state index contributed by atoms with van der Waals surface area (Å²) in [6.07, 6.45) is 0.469. The van der Waals surface area contributed by atoms with Gasteiger partial charge in [-0.1, -0.05) is 18.1 Å². The topological polar surface area (TPSA) is 38.8 Å². The molecule has 29 heavy (non-hydrogen) atoms. The monoisotopic (exact) mass is 403 g/mol. The summed E-state index contributed by atoms with van der Waals surface area (Å²) in [7, 11) is 0. The van der Waals surface area contributed by atoms with E-state index in [1.54, 1.807) is 24.3 Å². The Morgan fingerprint density at radius 1 is 1.31 bits per heavy atom. The average molecular weight is 403 g/mol. The van der Waals surface area contributed by atoms with Crippen molar-refractivity contribution in [2.75, 3.05) is 26.3 Å². The van der Waals surface area contributed by atoms with Gasteiger partial charge >= 0.3 is 6.18 Å². The molecular weight excluding hydrogens is 383 g/mol. The molecule has 152 valence electrons. The van der Waals surface area contributed by atoms with Gasteiger partial charge in [0.2, 0.25) is 0 Å². The maximum atomic E-state index is 13.1. The molecule has 0 bridgehead atoms. The van der Waals surface area contributed by atoms with Crippen LogP contribution in [0.25, 0.3) is 0 Å². The molecule has 0 aliphatic carbocycles. The molecule has 1 aliphatic rings. The molecule has 1 heterocycles. The largest absolute Gasteiger partial charge is 0.491 e. The van der Waals surface area contributed by atoms with Gasteiger partial charge in [-0.2, -0.15) is 13.2 Å². The minimum atomic E-state index is -4.51. The van der Waals surface area contributed by atoms with Crippen LogP contribution in [0.2, 0.25) is 0 Å². The van der Waals surface area contributed by atoms with Crippen LogP contribution in [-0.2, 0) is 10.9 Å². The maximum absolute atomic E-state index is 13.1. The highest BCUT2D eigenvalue weighted by Crippen LogP contribution is 2.33. The van der Waals surface area contributed by atoms with E-state index in [1.807, 2.05) is 0 Å². The zero-order chi connectivity index (χ0) is 21.0. The van der Waals surface area contributed by atoms with Crippen LogP contribution < -0.4 is 4.74 Å². The lowest BCUT2D eigenvalue weighted by Crippen LogP contribution is -2.47. The first-order valence-corrected chi connectivity index (χ1v) is 9.06. The van der Waals surface area contributed by atoms with Crippen molar-refractivity contribution in [1.82, 2.24) is 4.90 Å². The van der Waals surface area contributed by atoms with Gasteiger partial charge in [-0.3, -0.25) is 4.79 Å². The van der Waals surface area contributed by atoms with Crippen molar-refractivity contribution in [2.45, 2.75) is 19.2 Å². The molecular formula is C22H20F3NO3. The number of nitrogens with zero attached hydrogens (tertiary/aromatic N) is 1. The van der Waals surface area contributed by atoms with Crippen molar-refractivity contribution >= 4 is 5.91 Å². The predicted molar refractivity (Wildman–Crippen MR) is 102 cm³/mol. The smallest absolute Gasteiger partial charge is 0.416 e. The summed E-state index contributed by atoms with van der Waals surface area (Å²) >= 11 is 0. The van der Waals surface area contributed by atoms with E-state index in [-0.39, 0.29) is 30.9 Å². The van der Waals surface area contributed by atoms with Crippen LogP contribution in [0.15, 0.2) is 42.5 Å². The summed E-state index contributed by atoms with van der Waals surface area (Å²) in [5, 5.41) is 0. The van der Waals surface area contributed by atoms with Gasteiger partial charge < -0.3 is 14.4 Å². The number of hydrogen-bond donors (Lipinski definition) is 0. The van der Waals surface area contributed by atoms with E-state index in [2.05, 4.69) is 5.92 Å². The van der Waals surface area contributed by atoms with E-state index < -0.39 is 23.8 Å². The van der Waals surface area contributed by atoms with Crippen molar-refractivity contribution in [3.05, 3.63) is 64.7 Å². The van der Waals surface area contributed by atoms with Crippen LogP contribution >= 0.6 is 0 Å². The fourth-order valence-electron chi connectivity index (χ4n) is 3.21. The molecule has 1 saturated heterocycles. The number of hydrogen-bond acceptors (Lipinski definition) is 3. The second-order valence-corrected chi connectivity index (χ2v) is 6.70. The standard InChI is InChI=1S/C22H20F3NO3/c1-3-16-6-4-7-17(12-16)29-14-18-13-26(10-11-28-18)21(27)19-8-5-9-20(15(19)2)22(23,24)25/h1,4-9,12,18H,10-11,13-14H2,2H3. The van der Waals surface area contributed by atoms with Crippen LogP contribution in [0.1, 0.15) is 27.0 Å². The number of carbonyl (C=O) groups excluding carboxylic acids is 1. The van der Waals surface area contributed by atoms with Crippen LogP contribution in [0.4, 0.5) is 13.2 Å². The van der Waals surface area contributed by atoms with Crippen molar-refractivity contribution in [3.8, 4) is 18.1 Å². The number of benzene rings is 2. The van der Waals surface area contributed by atoms with E-state index in [0.29, 0.717) is 17.9 Å². The van der Waals surface area contributed by atoms with Crippen molar-refractivity contribution in [1.29, 1.82) is 0 Å². The second-order valence-electron chi connectivity index (χ2n) is 6.70. The molecule has 3 rings (SSSR count). The number of terminal acetylenes is 1. The van der Waals surface area contributed by atoms with Gasteiger partial charge in [0.05, 0.1) is 18.7 Å². The third-order valence-electron chi connectivity index (χ3n) is 4.73. The first kappa shape index (κ1) is 20.7. The SMILES string of the molecule is C#Cc1cccc(OCC2CN(C(=O)c3cccc(C(F)(F)F)c3C)CCO2)c1. The Labute approximate surface area is 167 Å². The molecule has 1 atom stereocenters. The van der Waals surface area contributed by atoms with Crippen molar-refractivity contribution < 1.29 is 27.4 Å². The van der Waals surface area contributed by atoms with Crippen molar-refractivity contribution in [2.24, 2.45) is 0 Å². The molecule has 1 unspecified atom stereocenters. The van der Waals surface area contributed by atoms with E-state index in [0.717, 1.165) is 6.07 Å². The summed E-state index contributed by atoms with van der Waals surface area (Å²) in [5.74, 6) is 2.66. The molecule has 2 aromatic carbocycles. The molecule has 1 amide bonds. The minimum Gasteiger partial charge on any atom is -0.491 e. The van der Waals surface area contributed by atoms with Gasteiger partial charge in [-0.05, 0) is 42.8 Å². The van der Waals surface area contributed by atoms with E-state index in [1.165, 1.54) is 24.0 Å². The lowest BCUT2D eigenvalue weighted by molar-refractivity contribution is -0.138. The summed E-state index contributed by atoms with van der Waals surface area (Å²) in [6.45, 7) is 2.32. The minimum absolute atomic E-state index is 0.0446. The molecule has 4 nitrogen and oxygen atoms in total. The predicted octanol–water partition coefficient (Wildman–Crippen LogP) is 3.92. The van der Waals surface area contributed by atoms with Gasteiger partial charge in [0.1, 0.15) is 18.5 Å². The molecule has 0 spiro atoms. The Hall–Kier alpha value is -2.98. The maximum Gasteiger partial charge on any atom is 0.416 e. The normalized spacial score (nSPS) is 16.9. The summed E-state index contributed by atoms with van der Waals surface area (Å²) in [5.41, 5.74) is -0.146. The summed E-state index contributed by atoms with van der Waals surface area (Å²) in [6, 6.07) is 10.7. The summed E-state index contributed by atoms with van der Waals surface area (Å²) in [4.78, 5) is 14.3. The number of ether oxygens (including phenoxy) is 2. The number of carbonyl (C=O) groups is 1. The Bertz CT molecular complexity index is 934. The van der Waals surface area contributed by atoms with Crippen LogP contribution in [-0.4, -0.2) is 43.2 Å². The number of alkyl halides is 3. The Balaban J connectivity index is 1.68. The molecule has 0 saturated carbocycles. The molecule has 0 radical (unpaired) electrons. The van der Waals surface area contributed by atoms with Crippen LogP contribution in [0.5, 0.6) is 5.75 Å². The fraction of sp³-hybridized carbons (Fsp3) is 0.318. The highest BCUT2D eigenvalue weighted by molar-refractivity contribution is 5.96. The molecule has 0 aromatic heterocycles. The molecule has 1 fully saturated rings. The quantitative estimate of drug-likeness (QED) is 0.727. The first-order chi connectivity index (χ1) is 13.8. The van der Waals surface area contributed by atoms with Gasteiger partial charge in [-0.15, -0.1) is 6.42 Å². The van der Waals surface area contributed by atoms with Crippen molar-refractivity contribution in [3.63, 3.8) is 0 Å². The number of amides is 1. The van der Waals surface area contributed by atoms with Gasteiger partial charge in [0.25, 0.3) is 5.91 Å². The zero-order valence-corrected chi connectivity index (χ0v) is 15.8. The third-order valence-corrected chi connectivity index (χ3v) is 4.73. The Kier molecular flexibility index (Phi) is 6.14. The summed E-state index contributed by atoms with van der Waals surface area (Å²) < 4.78 is 50.8. The number of morpholine rings is 1. The second kappa shape index (κ2) is 8.58. The number of halogens is 3. The Morgan fingerprint density at radius 3 is 2.79 bits per heavy atom. The van der Waals surface area contributed by atoms with Crippen LogP contribution in [0, 0.1) is 19.3 Å². The lowest BCUT2D eigenvalue weighted by atomic mass is 10.0. The number of rotatable bonds is 4. The highest BCUT2D eigenvalue weighted by Gasteiger charge is 2.34. The fourth-order valence-corrected chi connectivity index (χ4v) is 3.21. The average Bonchev–Trinajstić information content (AvgIpc) is 2.71. The molecule has 1 aliphatic heterocycles. The van der Waals surface area contributed by atoms with Gasteiger partial charge in [0, 0.05) is 17.7 Å². The Morgan fingerprint density at radius 2 is 2.07 bits per heavy atom. The van der Waals surface area contributed by atoms with E-state index in [4.69, 9.17) is 15.9 Å².